The molecule has 1 heterocycles. The van der Waals surface area contributed by atoms with Crippen molar-refractivity contribution >= 4 is 40.8 Å². The summed E-state index contributed by atoms with van der Waals surface area (Å²) in [5.41, 5.74) is 0.162. The lowest BCUT2D eigenvalue weighted by Crippen LogP contribution is -2.15. The molecule has 6 nitrogen and oxygen atoms in total. The summed E-state index contributed by atoms with van der Waals surface area (Å²) in [4.78, 5) is 30.3. The van der Waals surface area contributed by atoms with E-state index in [9.17, 15) is 9.59 Å². The van der Waals surface area contributed by atoms with Gasteiger partial charge in [-0.1, -0.05) is 23.2 Å². The van der Waals surface area contributed by atoms with Gasteiger partial charge in [0.15, 0.2) is 0 Å². The van der Waals surface area contributed by atoms with Crippen molar-refractivity contribution in [2.45, 2.75) is 0 Å². The van der Waals surface area contributed by atoms with E-state index in [0.717, 1.165) is 0 Å². The van der Waals surface area contributed by atoms with Crippen LogP contribution in [0.1, 0.15) is 20.8 Å². The maximum absolute atomic E-state index is 11.9. The summed E-state index contributed by atoms with van der Waals surface area (Å²) < 4.78 is 0. The molecule has 0 unspecified atom stereocenters. The number of anilines is 1. The van der Waals surface area contributed by atoms with Crippen LogP contribution < -0.4 is 5.32 Å². The first kappa shape index (κ1) is 14.2. The number of hydrogen-bond acceptors (Lipinski definition) is 4. The molecule has 0 atom stereocenters. The van der Waals surface area contributed by atoms with E-state index in [1.54, 1.807) is 0 Å². The predicted octanol–water partition coefficient (Wildman–Crippen LogP) is 2.73. The van der Waals surface area contributed by atoms with Crippen molar-refractivity contribution in [2.24, 2.45) is 0 Å². The number of nitrogens with zero attached hydrogens (tertiary/aromatic N) is 2. The zero-order valence-electron chi connectivity index (χ0n) is 9.80. The third-order valence-electron chi connectivity index (χ3n) is 2.30. The molecule has 2 rings (SSSR count). The molecule has 20 heavy (non-hydrogen) atoms. The highest BCUT2D eigenvalue weighted by Gasteiger charge is 2.13. The summed E-state index contributed by atoms with van der Waals surface area (Å²) in [7, 11) is 0. The van der Waals surface area contributed by atoms with Crippen molar-refractivity contribution in [3.63, 3.8) is 0 Å². The minimum absolute atomic E-state index is 0.00174. The van der Waals surface area contributed by atoms with Crippen LogP contribution in [0.3, 0.4) is 0 Å². The molecule has 0 bridgehead atoms. The van der Waals surface area contributed by atoms with E-state index in [2.05, 4.69) is 15.3 Å². The van der Waals surface area contributed by atoms with Gasteiger partial charge in [-0.2, -0.15) is 0 Å². The lowest BCUT2D eigenvalue weighted by Gasteiger charge is -2.07. The lowest BCUT2D eigenvalue weighted by atomic mass is 10.2. The molecule has 0 spiro atoms. The molecule has 0 fully saturated rings. The van der Waals surface area contributed by atoms with Gasteiger partial charge in [-0.25, -0.2) is 9.78 Å². The predicted molar refractivity (Wildman–Crippen MR) is 73.4 cm³/mol. The van der Waals surface area contributed by atoms with Gasteiger partial charge >= 0.3 is 5.97 Å². The summed E-state index contributed by atoms with van der Waals surface area (Å²) in [6.45, 7) is 0. The number of carboxylic acids is 1. The van der Waals surface area contributed by atoms with Gasteiger partial charge < -0.3 is 10.4 Å². The molecule has 0 aliphatic carbocycles. The van der Waals surface area contributed by atoms with E-state index in [1.165, 1.54) is 30.6 Å². The number of carbonyl (C=O) groups excluding carboxylic acids is 1. The van der Waals surface area contributed by atoms with Crippen molar-refractivity contribution in [1.29, 1.82) is 0 Å². The first-order valence-corrected chi connectivity index (χ1v) is 6.04. The summed E-state index contributed by atoms with van der Waals surface area (Å²) in [5, 5.41) is 11.6. The molecule has 0 aliphatic heterocycles. The quantitative estimate of drug-likeness (QED) is 0.909. The fourth-order valence-electron chi connectivity index (χ4n) is 1.39. The van der Waals surface area contributed by atoms with E-state index in [-0.39, 0.29) is 27.1 Å². The van der Waals surface area contributed by atoms with E-state index < -0.39 is 11.9 Å². The van der Waals surface area contributed by atoms with Gasteiger partial charge in [0.05, 0.1) is 28.7 Å². The van der Waals surface area contributed by atoms with Crippen LogP contribution in [0.15, 0.2) is 30.6 Å². The maximum Gasteiger partial charge on any atom is 0.335 e. The zero-order chi connectivity index (χ0) is 14.7. The van der Waals surface area contributed by atoms with Crippen LogP contribution in [0.25, 0.3) is 0 Å². The second-order valence-electron chi connectivity index (χ2n) is 3.68. The van der Waals surface area contributed by atoms with Crippen LogP contribution >= 0.6 is 23.2 Å². The minimum atomic E-state index is -1.13. The van der Waals surface area contributed by atoms with Gasteiger partial charge in [0, 0.05) is 0 Å². The fourth-order valence-corrected chi connectivity index (χ4v) is 1.70. The molecule has 0 aliphatic rings. The molecule has 1 aromatic carbocycles. The molecule has 8 heteroatoms. The SMILES string of the molecule is O=C(O)c1ccc(Cl)c(NC(=O)c2cncc(Cl)n2)c1. The van der Waals surface area contributed by atoms with Gasteiger partial charge in [0.25, 0.3) is 5.91 Å². The third-order valence-corrected chi connectivity index (χ3v) is 2.81. The number of carbonyl (C=O) groups is 2. The number of amides is 1. The van der Waals surface area contributed by atoms with Gasteiger partial charge in [-0.05, 0) is 18.2 Å². The number of halogens is 2. The molecule has 0 radical (unpaired) electrons. The second-order valence-corrected chi connectivity index (χ2v) is 4.48. The molecule has 0 saturated heterocycles. The molecule has 2 aromatic rings. The normalized spacial score (nSPS) is 10.1. The average molecular weight is 312 g/mol. The Balaban J connectivity index is 2.27. The monoisotopic (exact) mass is 311 g/mol. The van der Waals surface area contributed by atoms with Crippen molar-refractivity contribution in [3.05, 3.63) is 52.0 Å². The smallest absolute Gasteiger partial charge is 0.335 e. The van der Waals surface area contributed by atoms with Crippen molar-refractivity contribution in [1.82, 2.24) is 9.97 Å². The third kappa shape index (κ3) is 3.23. The summed E-state index contributed by atoms with van der Waals surface area (Å²) >= 11 is 11.5. The van der Waals surface area contributed by atoms with Crippen LogP contribution in [0.5, 0.6) is 0 Å². The number of aromatic nitrogens is 2. The van der Waals surface area contributed by atoms with Gasteiger partial charge in [0.1, 0.15) is 10.8 Å². The topological polar surface area (TPSA) is 92.2 Å². The van der Waals surface area contributed by atoms with Crippen molar-refractivity contribution in [2.75, 3.05) is 5.32 Å². The van der Waals surface area contributed by atoms with E-state index in [4.69, 9.17) is 28.3 Å². The molecular formula is C12H7Cl2N3O3. The minimum Gasteiger partial charge on any atom is -0.478 e. The highest BCUT2D eigenvalue weighted by molar-refractivity contribution is 6.34. The second kappa shape index (κ2) is 5.85. The van der Waals surface area contributed by atoms with E-state index in [0.29, 0.717) is 0 Å². The molecule has 2 N–H and O–H groups in total. The van der Waals surface area contributed by atoms with Crippen molar-refractivity contribution in [3.8, 4) is 0 Å². The van der Waals surface area contributed by atoms with Gasteiger partial charge in [0.2, 0.25) is 0 Å². The molecule has 1 aromatic heterocycles. The van der Waals surface area contributed by atoms with Crippen LogP contribution in [0.4, 0.5) is 5.69 Å². The fraction of sp³-hybridized carbons (Fsp3) is 0. The molecular weight excluding hydrogens is 305 g/mol. The van der Waals surface area contributed by atoms with Crippen LogP contribution in [-0.4, -0.2) is 27.0 Å². The summed E-state index contributed by atoms with van der Waals surface area (Å²) in [5.74, 6) is -1.72. The Labute approximate surface area is 123 Å². The highest BCUT2D eigenvalue weighted by atomic mass is 35.5. The Morgan fingerprint density at radius 1 is 1.20 bits per heavy atom. The number of carboxylic acid groups (broad SMARTS) is 1. The van der Waals surface area contributed by atoms with Crippen molar-refractivity contribution < 1.29 is 14.7 Å². The van der Waals surface area contributed by atoms with Crippen LogP contribution in [0.2, 0.25) is 10.2 Å². The number of rotatable bonds is 3. The Bertz CT molecular complexity index is 691. The number of aromatic carboxylic acids is 1. The number of benzene rings is 1. The van der Waals surface area contributed by atoms with Crippen LogP contribution in [0, 0.1) is 0 Å². The van der Waals surface area contributed by atoms with E-state index >= 15 is 0 Å². The summed E-state index contributed by atoms with van der Waals surface area (Å²) in [6, 6.07) is 3.96. The Morgan fingerprint density at radius 3 is 2.60 bits per heavy atom. The van der Waals surface area contributed by atoms with Crippen LogP contribution in [-0.2, 0) is 0 Å². The van der Waals surface area contributed by atoms with Gasteiger partial charge in [-0.3, -0.25) is 9.78 Å². The first-order valence-electron chi connectivity index (χ1n) is 5.29. The maximum atomic E-state index is 11.9. The Morgan fingerprint density at radius 2 is 1.95 bits per heavy atom. The first-order chi connectivity index (χ1) is 9.47. The molecule has 102 valence electrons. The Hall–Kier alpha value is -2.18. The molecule has 0 saturated carbocycles. The van der Waals surface area contributed by atoms with Gasteiger partial charge in [-0.15, -0.1) is 0 Å². The standard InChI is InChI=1S/C12H7Cl2N3O3/c13-7-2-1-6(12(19)20)3-8(7)17-11(18)9-4-15-5-10(14)16-9/h1-5H,(H,17,18)(H,19,20). The Kier molecular flexibility index (Phi) is 4.16. The summed E-state index contributed by atoms with van der Waals surface area (Å²) in [6.07, 6.45) is 2.52. The highest BCUT2D eigenvalue weighted by Crippen LogP contribution is 2.23. The zero-order valence-corrected chi connectivity index (χ0v) is 11.3. The number of hydrogen-bond donors (Lipinski definition) is 2. The van der Waals surface area contributed by atoms with E-state index in [1.807, 2.05) is 0 Å². The largest absolute Gasteiger partial charge is 0.478 e. The molecule has 1 amide bonds. The lowest BCUT2D eigenvalue weighted by molar-refractivity contribution is 0.0696. The number of nitrogens with one attached hydrogen (secondary N) is 1. The average Bonchev–Trinajstić information content (AvgIpc) is 2.41.